The highest BCUT2D eigenvalue weighted by atomic mass is 32.2. The van der Waals surface area contributed by atoms with Crippen LogP contribution in [-0.2, 0) is 10.0 Å². The van der Waals surface area contributed by atoms with Crippen molar-refractivity contribution in [3.05, 3.63) is 60.0 Å². The van der Waals surface area contributed by atoms with Crippen LogP contribution in [0.25, 0.3) is 11.3 Å². The fourth-order valence-corrected chi connectivity index (χ4v) is 2.78. The van der Waals surface area contributed by atoms with Crippen molar-refractivity contribution in [2.24, 2.45) is 0 Å². The van der Waals surface area contributed by atoms with Gasteiger partial charge in [-0.05, 0) is 36.4 Å². The van der Waals surface area contributed by atoms with Crippen LogP contribution in [0.2, 0.25) is 0 Å². The van der Waals surface area contributed by atoms with Crippen LogP contribution in [0.15, 0.2) is 53.1 Å². The van der Waals surface area contributed by atoms with E-state index in [1.807, 2.05) is 0 Å². The number of rotatable bonds is 5. The molecule has 132 valence electrons. The highest BCUT2D eigenvalue weighted by Gasteiger charge is 2.10. The molecule has 0 fully saturated rings. The number of hydrogen-bond acceptors (Lipinski definition) is 6. The van der Waals surface area contributed by atoms with Crippen LogP contribution in [0.4, 0.5) is 21.8 Å². The molecule has 2 aromatic carbocycles. The summed E-state index contributed by atoms with van der Waals surface area (Å²) in [4.78, 5) is 4.06. The van der Waals surface area contributed by atoms with Crippen LogP contribution in [-0.4, -0.2) is 19.7 Å². The Balaban J connectivity index is 1.80. The monoisotopic (exact) mass is 372 g/mol. The average Bonchev–Trinajstić information content (AvgIpc) is 3.02. The molecule has 3 rings (SSSR count). The van der Waals surface area contributed by atoms with Gasteiger partial charge in [0.15, 0.2) is 5.76 Å². The van der Waals surface area contributed by atoms with Gasteiger partial charge in [-0.1, -0.05) is 6.07 Å². The fourth-order valence-electron chi connectivity index (χ4n) is 2.22. The second kappa shape index (κ2) is 6.85. The van der Waals surface area contributed by atoms with E-state index in [9.17, 15) is 12.8 Å². The Kier molecular flexibility index (Phi) is 4.60. The van der Waals surface area contributed by atoms with Gasteiger partial charge in [-0.2, -0.15) is 5.26 Å². The van der Waals surface area contributed by atoms with Crippen LogP contribution < -0.4 is 10.0 Å². The van der Waals surface area contributed by atoms with Crippen molar-refractivity contribution in [1.82, 2.24) is 4.98 Å². The molecule has 1 heterocycles. The number of benzene rings is 2. The Morgan fingerprint density at radius 3 is 2.65 bits per heavy atom. The van der Waals surface area contributed by atoms with Crippen LogP contribution in [0.3, 0.4) is 0 Å². The lowest BCUT2D eigenvalue weighted by Gasteiger charge is -2.06. The zero-order chi connectivity index (χ0) is 18.7. The molecule has 0 spiro atoms. The van der Waals surface area contributed by atoms with E-state index in [1.54, 1.807) is 36.4 Å². The fraction of sp³-hybridized carbons (Fsp3) is 0.0588. The van der Waals surface area contributed by atoms with Crippen molar-refractivity contribution < 1.29 is 17.2 Å². The van der Waals surface area contributed by atoms with Crippen LogP contribution in [0.1, 0.15) is 5.56 Å². The molecule has 26 heavy (non-hydrogen) atoms. The summed E-state index contributed by atoms with van der Waals surface area (Å²) in [5, 5.41) is 11.7. The first kappa shape index (κ1) is 17.4. The Labute approximate surface area is 149 Å². The van der Waals surface area contributed by atoms with Gasteiger partial charge < -0.3 is 9.73 Å². The summed E-state index contributed by atoms with van der Waals surface area (Å²) in [7, 11) is -3.38. The molecular formula is C17H13FN4O3S. The first-order valence-electron chi connectivity index (χ1n) is 7.35. The average molecular weight is 372 g/mol. The van der Waals surface area contributed by atoms with E-state index in [2.05, 4.69) is 15.0 Å². The molecule has 3 aromatic rings. The molecule has 0 aliphatic heterocycles. The lowest BCUT2D eigenvalue weighted by atomic mass is 10.1. The zero-order valence-corrected chi connectivity index (χ0v) is 14.3. The largest absolute Gasteiger partial charge is 0.423 e. The van der Waals surface area contributed by atoms with E-state index in [0.717, 1.165) is 6.26 Å². The minimum atomic E-state index is -3.38. The van der Waals surface area contributed by atoms with Crippen molar-refractivity contribution in [3.63, 3.8) is 0 Å². The second-order valence-electron chi connectivity index (χ2n) is 5.42. The van der Waals surface area contributed by atoms with Crippen molar-refractivity contribution in [3.8, 4) is 17.4 Å². The SMILES string of the molecule is CS(=O)(=O)Nc1cccc(Nc2ncc(-c3ccc(C#N)c(F)c3)o2)c1. The van der Waals surface area contributed by atoms with Gasteiger partial charge in [0.2, 0.25) is 10.0 Å². The number of nitrogens with one attached hydrogen (secondary N) is 2. The molecule has 2 N–H and O–H groups in total. The van der Waals surface area contributed by atoms with Gasteiger partial charge in [-0.25, -0.2) is 17.8 Å². The third-order valence-corrected chi connectivity index (χ3v) is 3.90. The molecule has 0 atom stereocenters. The Bertz CT molecular complexity index is 1100. The quantitative estimate of drug-likeness (QED) is 0.710. The number of sulfonamides is 1. The van der Waals surface area contributed by atoms with E-state index in [1.165, 1.54) is 18.3 Å². The molecule has 0 amide bonds. The predicted molar refractivity (Wildman–Crippen MR) is 94.8 cm³/mol. The summed E-state index contributed by atoms with van der Waals surface area (Å²) in [6.07, 6.45) is 2.48. The summed E-state index contributed by atoms with van der Waals surface area (Å²) in [5.74, 6) is -0.322. The molecule has 1 aromatic heterocycles. The van der Waals surface area contributed by atoms with E-state index in [-0.39, 0.29) is 11.6 Å². The first-order chi connectivity index (χ1) is 12.3. The lowest BCUT2D eigenvalue weighted by Crippen LogP contribution is -2.09. The first-order valence-corrected chi connectivity index (χ1v) is 9.24. The maximum absolute atomic E-state index is 13.7. The molecule has 0 aliphatic rings. The van der Waals surface area contributed by atoms with Crippen LogP contribution >= 0.6 is 0 Å². The van der Waals surface area contributed by atoms with Crippen LogP contribution in [0, 0.1) is 17.1 Å². The molecule has 0 aliphatic carbocycles. The number of oxazole rings is 1. The summed E-state index contributed by atoms with van der Waals surface area (Å²) in [6, 6.07) is 12.6. The number of nitrogens with zero attached hydrogens (tertiary/aromatic N) is 2. The highest BCUT2D eigenvalue weighted by molar-refractivity contribution is 7.92. The minimum Gasteiger partial charge on any atom is -0.423 e. The maximum Gasteiger partial charge on any atom is 0.299 e. The molecule has 0 saturated carbocycles. The van der Waals surface area contributed by atoms with Gasteiger partial charge in [0.1, 0.15) is 11.9 Å². The minimum absolute atomic E-state index is 0.0539. The maximum atomic E-state index is 13.7. The van der Waals surface area contributed by atoms with Crippen molar-refractivity contribution in [2.75, 3.05) is 16.3 Å². The number of halogens is 1. The number of anilines is 3. The van der Waals surface area contributed by atoms with Crippen molar-refractivity contribution in [1.29, 1.82) is 5.26 Å². The predicted octanol–water partition coefficient (Wildman–Crippen LogP) is 3.47. The Morgan fingerprint density at radius 1 is 1.19 bits per heavy atom. The summed E-state index contributed by atoms with van der Waals surface area (Å²) >= 11 is 0. The summed E-state index contributed by atoms with van der Waals surface area (Å²) in [5.41, 5.74) is 1.33. The van der Waals surface area contributed by atoms with Gasteiger partial charge in [0.05, 0.1) is 23.7 Å². The molecular weight excluding hydrogens is 359 g/mol. The van der Waals surface area contributed by atoms with Gasteiger partial charge in [-0.3, -0.25) is 4.72 Å². The van der Waals surface area contributed by atoms with E-state index < -0.39 is 15.8 Å². The normalized spacial score (nSPS) is 11.0. The highest BCUT2D eigenvalue weighted by Crippen LogP contribution is 2.26. The van der Waals surface area contributed by atoms with Gasteiger partial charge >= 0.3 is 0 Å². The number of aromatic nitrogens is 1. The van der Waals surface area contributed by atoms with Gasteiger partial charge in [0, 0.05) is 11.3 Å². The Morgan fingerprint density at radius 2 is 1.96 bits per heavy atom. The van der Waals surface area contributed by atoms with E-state index >= 15 is 0 Å². The molecule has 0 saturated heterocycles. The van der Waals surface area contributed by atoms with E-state index in [0.29, 0.717) is 22.7 Å². The third-order valence-electron chi connectivity index (χ3n) is 3.30. The van der Waals surface area contributed by atoms with Crippen molar-refractivity contribution in [2.45, 2.75) is 0 Å². The van der Waals surface area contributed by atoms with Gasteiger partial charge in [0.25, 0.3) is 6.01 Å². The molecule has 0 bridgehead atoms. The topological polar surface area (TPSA) is 108 Å². The summed E-state index contributed by atoms with van der Waals surface area (Å²) in [6.45, 7) is 0. The number of hydrogen-bond donors (Lipinski definition) is 2. The molecule has 9 heteroatoms. The molecule has 0 unspecified atom stereocenters. The number of nitriles is 1. The van der Waals surface area contributed by atoms with Crippen molar-refractivity contribution >= 4 is 27.4 Å². The third kappa shape index (κ3) is 4.17. The van der Waals surface area contributed by atoms with E-state index in [4.69, 9.17) is 9.68 Å². The van der Waals surface area contributed by atoms with Gasteiger partial charge in [-0.15, -0.1) is 0 Å². The standard InChI is InChI=1S/C17H13FN4O3S/c1-26(23,24)22-14-4-2-3-13(8-14)21-17-20-10-16(25-17)11-5-6-12(9-19)15(18)7-11/h2-8,10,22H,1H3,(H,20,21). The lowest BCUT2D eigenvalue weighted by molar-refractivity contribution is 0.589. The summed E-state index contributed by atoms with van der Waals surface area (Å²) < 4.78 is 44.2. The molecule has 7 nitrogen and oxygen atoms in total. The molecule has 0 radical (unpaired) electrons. The zero-order valence-electron chi connectivity index (χ0n) is 13.5. The smallest absolute Gasteiger partial charge is 0.299 e. The second-order valence-corrected chi connectivity index (χ2v) is 7.16. The van der Waals surface area contributed by atoms with Crippen LogP contribution in [0.5, 0.6) is 0 Å². The Hall–Kier alpha value is -3.38.